The van der Waals surface area contributed by atoms with Crippen molar-refractivity contribution >= 4 is 17.2 Å². The van der Waals surface area contributed by atoms with Crippen molar-refractivity contribution in [2.24, 2.45) is 0 Å². The summed E-state index contributed by atoms with van der Waals surface area (Å²) in [5, 5.41) is 10.7. The minimum Gasteiger partial charge on any atom is -0.507 e. The second-order valence-electron chi connectivity index (χ2n) is 10.7. The first-order chi connectivity index (χ1) is 20.0. The molecule has 7 rings (SSSR count). The highest BCUT2D eigenvalue weighted by Crippen LogP contribution is 2.52. The fourth-order valence-electron chi connectivity index (χ4n) is 5.88. The van der Waals surface area contributed by atoms with E-state index in [0.29, 0.717) is 11.4 Å². The van der Waals surface area contributed by atoms with Crippen LogP contribution in [0.25, 0.3) is 33.9 Å². The molecule has 0 fully saturated rings. The molecule has 0 saturated carbocycles. The topological polar surface area (TPSA) is 62.1 Å². The lowest BCUT2D eigenvalue weighted by atomic mass is 9.80. The van der Waals surface area contributed by atoms with Crippen LogP contribution in [-0.4, -0.2) is 20.1 Å². The Morgan fingerprint density at radius 2 is 1.32 bits per heavy atom. The molecule has 5 heteroatoms. The van der Waals surface area contributed by atoms with Gasteiger partial charge in [-0.15, -0.1) is 0 Å². The summed E-state index contributed by atoms with van der Waals surface area (Å²) in [6.07, 6.45) is 1.81. The fraction of sp³-hybridized carbons (Fsp3) is 0.0833. The zero-order valence-corrected chi connectivity index (χ0v) is 22.9. The maximum atomic E-state index is 10.7. The average molecular weight is 533 g/mol. The number of hydrogen-bond donors (Lipinski definition) is 1. The first kappa shape index (κ1) is 24.7. The lowest BCUT2D eigenvalue weighted by Gasteiger charge is -2.26. The molecular weight excluding hydrogens is 504 g/mol. The van der Waals surface area contributed by atoms with Crippen molar-refractivity contribution in [2.45, 2.75) is 19.3 Å². The second-order valence-corrected chi connectivity index (χ2v) is 10.7. The van der Waals surface area contributed by atoms with E-state index in [9.17, 15) is 5.11 Å². The fourth-order valence-corrected chi connectivity index (χ4v) is 5.88. The molecule has 1 N–H and O–H groups in total. The molecule has 6 aromatic rings. The molecule has 1 aliphatic rings. The molecule has 0 unspecified atom stereocenters. The predicted molar refractivity (Wildman–Crippen MR) is 165 cm³/mol. The summed E-state index contributed by atoms with van der Waals surface area (Å²) in [5.41, 5.74) is 8.41. The number of phenolic OH excluding ortho intramolecular Hbond substituents is 1. The quantitative estimate of drug-likeness (QED) is 0.241. The number of anilines is 3. The molecule has 0 aliphatic heterocycles. The Hall–Kier alpha value is -5.29. The van der Waals surface area contributed by atoms with Crippen LogP contribution in [0, 0.1) is 0 Å². The van der Waals surface area contributed by atoms with E-state index in [-0.39, 0.29) is 11.2 Å². The maximum Gasteiger partial charge on any atom is 0.164 e. The van der Waals surface area contributed by atoms with E-state index >= 15 is 0 Å². The zero-order valence-electron chi connectivity index (χ0n) is 22.9. The van der Waals surface area contributed by atoms with Crippen molar-refractivity contribution in [3.63, 3.8) is 0 Å². The smallest absolute Gasteiger partial charge is 0.164 e. The first-order valence-electron chi connectivity index (χ1n) is 13.7. The molecular formula is C36H28N4O. The van der Waals surface area contributed by atoms with Crippen molar-refractivity contribution in [3.8, 4) is 39.7 Å². The van der Waals surface area contributed by atoms with E-state index in [1.165, 1.54) is 5.56 Å². The van der Waals surface area contributed by atoms with Gasteiger partial charge < -0.3 is 5.11 Å². The van der Waals surface area contributed by atoms with Crippen LogP contribution in [0.5, 0.6) is 5.75 Å². The predicted octanol–water partition coefficient (Wildman–Crippen LogP) is 8.69. The standard InChI is InChI=1S/C36H28N4O/c1-36(2)29-19-8-6-17-27(29)34-32(36)33(38-35(39-34)28-18-7-9-20-30(28)41)24-13-12-16-26(23-24)40(25-14-4-3-5-15-25)31-21-10-11-22-37-31/h3-23,41H,1-2H3. The van der Waals surface area contributed by atoms with Crippen molar-refractivity contribution in [1.82, 2.24) is 15.0 Å². The third-order valence-electron chi connectivity index (χ3n) is 7.81. The summed E-state index contributed by atoms with van der Waals surface area (Å²) in [6, 6.07) is 40.3. The molecule has 0 spiro atoms. The Morgan fingerprint density at radius 3 is 2.10 bits per heavy atom. The van der Waals surface area contributed by atoms with Gasteiger partial charge in [-0.05, 0) is 54.1 Å². The number of para-hydroxylation sites is 2. The zero-order chi connectivity index (χ0) is 28.0. The number of phenols is 1. The number of benzene rings is 4. The van der Waals surface area contributed by atoms with E-state index in [1.54, 1.807) is 6.07 Å². The summed E-state index contributed by atoms with van der Waals surface area (Å²) in [5.74, 6) is 1.48. The maximum absolute atomic E-state index is 10.7. The first-order valence-corrected chi connectivity index (χ1v) is 13.7. The van der Waals surface area contributed by atoms with Gasteiger partial charge in [-0.25, -0.2) is 15.0 Å². The second kappa shape index (κ2) is 9.72. The third kappa shape index (κ3) is 4.14. The normalized spacial score (nSPS) is 12.9. The lowest BCUT2D eigenvalue weighted by Crippen LogP contribution is -2.17. The van der Waals surface area contributed by atoms with Gasteiger partial charge in [0.15, 0.2) is 5.82 Å². The van der Waals surface area contributed by atoms with Crippen molar-refractivity contribution < 1.29 is 5.11 Å². The Bertz CT molecular complexity index is 1840. The van der Waals surface area contributed by atoms with Crippen LogP contribution in [-0.2, 0) is 5.41 Å². The summed E-state index contributed by atoms with van der Waals surface area (Å²) in [6.45, 7) is 4.47. The van der Waals surface area contributed by atoms with Crippen LogP contribution in [0.3, 0.4) is 0 Å². The van der Waals surface area contributed by atoms with Crippen LogP contribution >= 0.6 is 0 Å². The van der Waals surface area contributed by atoms with Crippen LogP contribution in [0.2, 0.25) is 0 Å². The summed E-state index contributed by atoms with van der Waals surface area (Å²) < 4.78 is 0. The average Bonchev–Trinajstić information content (AvgIpc) is 3.25. The van der Waals surface area contributed by atoms with Gasteiger partial charge in [-0.1, -0.05) is 86.6 Å². The summed E-state index contributed by atoms with van der Waals surface area (Å²) >= 11 is 0. The Labute approximate surface area is 239 Å². The minimum absolute atomic E-state index is 0.156. The number of rotatable bonds is 5. The van der Waals surface area contributed by atoms with Gasteiger partial charge in [0.05, 0.1) is 17.0 Å². The Kier molecular flexibility index (Phi) is 5.86. The number of fused-ring (bicyclic) bond motifs is 3. The molecule has 5 nitrogen and oxygen atoms in total. The van der Waals surface area contributed by atoms with Gasteiger partial charge in [-0.3, -0.25) is 4.90 Å². The van der Waals surface area contributed by atoms with E-state index in [0.717, 1.165) is 45.3 Å². The monoisotopic (exact) mass is 532 g/mol. The van der Waals surface area contributed by atoms with Gasteiger partial charge in [0.2, 0.25) is 0 Å². The minimum atomic E-state index is -0.311. The van der Waals surface area contributed by atoms with Crippen LogP contribution in [0.4, 0.5) is 17.2 Å². The van der Waals surface area contributed by atoms with E-state index in [4.69, 9.17) is 9.97 Å². The molecule has 1 aliphatic carbocycles. The van der Waals surface area contributed by atoms with Crippen molar-refractivity contribution in [1.29, 1.82) is 0 Å². The lowest BCUT2D eigenvalue weighted by molar-refractivity contribution is 0.477. The van der Waals surface area contributed by atoms with Gasteiger partial charge in [0.25, 0.3) is 0 Å². The molecule has 198 valence electrons. The highest BCUT2D eigenvalue weighted by atomic mass is 16.3. The summed E-state index contributed by atoms with van der Waals surface area (Å²) in [7, 11) is 0. The number of aromatic nitrogens is 3. The van der Waals surface area contributed by atoms with E-state index in [2.05, 4.69) is 84.4 Å². The largest absolute Gasteiger partial charge is 0.507 e. The van der Waals surface area contributed by atoms with E-state index in [1.807, 2.05) is 60.8 Å². The molecule has 0 bridgehead atoms. The SMILES string of the molecule is CC1(C)c2ccccc2-c2nc(-c3ccccc3O)nc(-c3cccc(N(c4ccccc4)c4ccccn4)c3)c21. The number of aromatic hydroxyl groups is 1. The molecule has 0 radical (unpaired) electrons. The van der Waals surface area contributed by atoms with Crippen LogP contribution in [0.15, 0.2) is 128 Å². The molecule has 41 heavy (non-hydrogen) atoms. The number of hydrogen-bond acceptors (Lipinski definition) is 5. The van der Waals surface area contributed by atoms with Crippen molar-refractivity contribution in [2.75, 3.05) is 4.90 Å². The van der Waals surface area contributed by atoms with Crippen molar-refractivity contribution in [3.05, 3.63) is 139 Å². The van der Waals surface area contributed by atoms with Gasteiger partial charge in [0.1, 0.15) is 11.6 Å². The molecule has 0 atom stereocenters. The van der Waals surface area contributed by atoms with Crippen LogP contribution in [0.1, 0.15) is 25.0 Å². The van der Waals surface area contributed by atoms with Gasteiger partial charge in [-0.2, -0.15) is 0 Å². The van der Waals surface area contributed by atoms with E-state index < -0.39 is 0 Å². The van der Waals surface area contributed by atoms with Crippen LogP contribution < -0.4 is 4.90 Å². The number of pyridine rings is 1. The highest BCUT2D eigenvalue weighted by molar-refractivity contribution is 5.87. The Balaban J connectivity index is 1.48. The molecule has 2 aromatic heterocycles. The highest BCUT2D eigenvalue weighted by Gasteiger charge is 2.40. The molecule has 2 heterocycles. The third-order valence-corrected chi connectivity index (χ3v) is 7.81. The summed E-state index contributed by atoms with van der Waals surface area (Å²) in [4.78, 5) is 17.1. The Morgan fingerprint density at radius 1 is 0.634 bits per heavy atom. The molecule has 0 amide bonds. The van der Waals surface area contributed by atoms with Gasteiger partial charge in [0, 0.05) is 39.7 Å². The molecule has 4 aromatic carbocycles. The number of nitrogens with zero attached hydrogens (tertiary/aromatic N) is 4. The molecule has 0 saturated heterocycles. The van der Waals surface area contributed by atoms with Gasteiger partial charge >= 0.3 is 0 Å².